The highest BCUT2D eigenvalue weighted by Crippen LogP contribution is 2.15. The Labute approximate surface area is 92.0 Å². The lowest BCUT2D eigenvalue weighted by atomic mass is 10.2. The van der Waals surface area contributed by atoms with Crippen molar-refractivity contribution in [3.8, 4) is 0 Å². The van der Waals surface area contributed by atoms with Crippen molar-refractivity contribution in [1.29, 1.82) is 0 Å². The first-order valence-electron chi connectivity index (χ1n) is 4.55. The highest BCUT2D eigenvalue weighted by atomic mass is 19.1. The van der Waals surface area contributed by atoms with Crippen molar-refractivity contribution in [3.05, 3.63) is 12.1 Å². The number of halogens is 1. The predicted molar refractivity (Wildman–Crippen MR) is 56.3 cm³/mol. The van der Waals surface area contributed by atoms with Crippen molar-refractivity contribution in [3.63, 3.8) is 0 Å². The number of nitrogens with two attached hydrogens (primary N) is 1. The number of aromatic nitrogens is 2. The number of rotatable bonds is 1. The lowest BCUT2D eigenvalue weighted by Crippen LogP contribution is -2.28. The first kappa shape index (κ1) is 12.2. The fourth-order valence-electron chi connectivity index (χ4n) is 0.871. The maximum Gasteiger partial charge on any atom is 0.413 e. The molecule has 0 bridgehead atoms. The Balaban J connectivity index is 2.74. The minimum Gasteiger partial charge on any atom is -0.444 e. The highest BCUT2D eigenvalue weighted by Gasteiger charge is 2.18. The second-order valence-electron chi connectivity index (χ2n) is 4.05. The van der Waals surface area contributed by atoms with Gasteiger partial charge in [0.2, 0.25) is 5.82 Å². The van der Waals surface area contributed by atoms with Gasteiger partial charge in [-0.05, 0) is 20.8 Å². The summed E-state index contributed by atoms with van der Waals surface area (Å²) in [5.41, 5.74) is 4.54. The molecule has 3 N–H and O–H groups in total. The van der Waals surface area contributed by atoms with Crippen LogP contribution in [0.3, 0.4) is 0 Å². The van der Waals surface area contributed by atoms with Gasteiger partial charge in [0.15, 0.2) is 11.6 Å². The third-order valence-electron chi connectivity index (χ3n) is 1.44. The number of carbonyl (C=O) groups excluding carboxylic acids is 1. The molecule has 7 heteroatoms. The summed E-state index contributed by atoms with van der Waals surface area (Å²) in [7, 11) is 0. The Bertz CT molecular complexity index is 403. The van der Waals surface area contributed by atoms with E-state index in [-0.39, 0.29) is 11.6 Å². The van der Waals surface area contributed by atoms with Crippen molar-refractivity contribution in [2.75, 3.05) is 11.1 Å². The number of amides is 1. The number of nitrogen functional groups attached to an aromatic ring is 1. The van der Waals surface area contributed by atoms with E-state index in [1.54, 1.807) is 20.8 Å². The molecule has 1 aromatic heterocycles. The Kier molecular flexibility index (Phi) is 3.26. The number of nitrogens with one attached hydrogen (secondary N) is 1. The smallest absolute Gasteiger partial charge is 0.413 e. The van der Waals surface area contributed by atoms with Gasteiger partial charge in [0.05, 0.1) is 0 Å². The van der Waals surface area contributed by atoms with E-state index in [4.69, 9.17) is 10.5 Å². The lowest BCUT2D eigenvalue weighted by Gasteiger charge is -2.19. The van der Waals surface area contributed by atoms with E-state index in [9.17, 15) is 9.18 Å². The van der Waals surface area contributed by atoms with E-state index >= 15 is 0 Å². The zero-order chi connectivity index (χ0) is 12.3. The molecule has 0 unspecified atom stereocenters. The van der Waals surface area contributed by atoms with Crippen molar-refractivity contribution in [2.24, 2.45) is 0 Å². The summed E-state index contributed by atoms with van der Waals surface area (Å²) in [6, 6.07) is 0. The van der Waals surface area contributed by atoms with E-state index in [1.165, 1.54) is 0 Å². The van der Waals surface area contributed by atoms with Gasteiger partial charge in [-0.2, -0.15) is 4.39 Å². The van der Waals surface area contributed by atoms with Crippen LogP contribution >= 0.6 is 0 Å². The van der Waals surface area contributed by atoms with Crippen LogP contribution in [-0.2, 0) is 4.74 Å². The molecule has 0 spiro atoms. The monoisotopic (exact) mass is 228 g/mol. The fourth-order valence-corrected chi connectivity index (χ4v) is 0.871. The van der Waals surface area contributed by atoms with E-state index in [2.05, 4.69) is 15.3 Å². The summed E-state index contributed by atoms with van der Waals surface area (Å²) in [5.74, 6) is -1.52. The largest absolute Gasteiger partial charge is 0.444 e. The first-order chi connectivity index (χ1) is 7.29. The molecule has 0 atom stereocenters. The maximum atomic E-state index is 13.3. The summed E-state index contributed by atoms with van der Waals surface area (Å²) in [5, 5.41) is 2.14. The van der Waals surface area contributed by atoms with Gasteiger partial charge in [-0.15, -0.1) is 0 Å². The van der Waals surface area contributed by atoms with Crippen molar-refractivity contribution in [1.82, 2.24) is 9.97 Å². The lowest BCUT2D eigenvalue weighted by molar-refractivity contribution is 0.0634. The highest BCUT2D eigenvalue weighted by molar-refractivity contribution is 5.84. The zero-order valence-electron chi connectivity index (χ0n) is 9.24. The average Bonchev–Trinajstić information content (AvgIpc) is 2.09. The zero-order valence-corrected chi connectivity index (χ0v) is 9.24. The standard InChI is InChI=1S/C9H13FN4O2/c1-9(2,3)16-8(15)14-7-5(10)6(11)12-4-13-7/h4H,1-3H3,(H3,11,12,13,14,15). The molecule has 0 saturated carbocycles. The average molecular weight is 228 g/mol. The molecular formula is C9H13FN4O2. The number of carbonyl (C=O) groups is 1. The normalized spacial score (nSPS) is 11.0. The molecule has 0 fully saturated rings. The number of ether oxygens (including phenoxy) is 1. The van der Waals surface area contributed by atoms with Crippen LogP contribution in [0.5, 0.6) is 0 Å². The van der Waals surface area contributed by atoms with Crippen LogP contribution in [0.25, 0.3) is 0 Å². The van der Waals surface area contributed by atoms with Crippen LogP contribution in [-0.4, -0.2) is 21.7 Å². The third kappa shape index (κ3) is 3.34. The molecule has 0 saturated heterocycles. The molecule has 0 aliphatic heterocycles. The Hall–Kier alpha value is -1.92. The van der Waals surface area contributed by atoms with Crippen LogP contribution < -0.4 is 11.1 Å². The fraction of sp³-hybridized carbons (Fsp3) is 0.444. The minimum atomic E-state index is -0.881. The van der Waals surface area contributed by atoms with Crippen LogP contribution in [0.2, 0.25) is 0 Å². The van der Waals surface area contributed by atoms with Gasteiger partial charge < -0.3 is 10.5 Å². The molecular weight excluding hydrogens is 215 g/mol. The second kappa shape index (κ2) is 4.30. The van der Waals surface area contributed by atoms with Gasteiger partial charge in [0, 0.05) is 0 Å². The molecule has 0 aliphatic rings. The second-order valence-corrected chi connectivity index (χ2v) is 4.05. The summed E-state index contributed by atoms with van der Waals surface area (Å²) in [6.45, 7) is 5.08. The molecule has 1 rings (SSSR count). The summed E-state index contributed by atoms with van der Waals surface area (Å²) < 4.78 is 18.2. The molecule has 88 valence electrons. The number of anilines is 2. The maximum absolute atomic E-state index is 13.3. The van der Waals surface area contributed by atoms with Gasteiger partial charge in [0.25, 0.3) is 0 Å². The number of hydrogen-bond donors (Lipinski definition) is 2. The minimum absolute atomic E-state index is 0.304. The Morgan fingerprint density at radius 1 is 1.50 bits per heavy atom. The van der Waals surface area contributed by atoms with Crippen molar-refractivity contribution < 1.29 is 13.9 Å². The molecule has 16 heavy (non-hydrogen) atoms. The summed E-state index contributed by atoms with van der Waals surface area (Å²) >= 11 is 0. The molecule has 1 amide bonds. The van der Waals surface area contributed by atoms with Crippen LogP contribution in [0.4, 0.5) is 20.8 Å². The number of hydrogen-bond acceptors (Lipinski definition) is 5. The van der Waals surface area contributed by atoms with Crippen LogP contribution in [0.1, 0.15) is 20.8 Å². The first-order valence-corrected chi connectivity index (χ1v) is 4.55. The van der Waals surface area contributed by atoms with E-state index < -0.39 is 17.5 Å². The molecule has 0 aromatic carbocycles. The SMILES string of the molecule is CC(C)(C)OC(=O)Nc1ncnc(N)c1F. The predicted octanol–water partition coefficient (Wildman–Crippen LogP) is 1.54. The van der Waals surface area contributed by atoms with E-state index in [0.29, 0.717) is 0 Å². The third-order valence-corrected chi connectivity index (χ3v) is 1.44. The Morgan fingerprint density at radius 3 is 2.69 bits per heavy atom. The number of nitrogens with zero attached hydrogens (tertiary/aromatic N) is 2. The van der Waals surface area contributed by atoms with Gasteiger partial charge in [0.1, 0.15) is 11.9 Å². The van der Waals surface area contributed by atoms with Gasteiger partial charge in [-0.1, -0.05) is 0 Å². The Morgan fingerprint density at radius 2 is 2.12 bits per heavy atom. The topological polar surface area (TPSA) is 90.1 Å². The summed E-state index contributed by atoms with van der Waals surface area (Å²) in [4.78, 5) is 18.2. The molecule has 1 aromatic rings. The van der Waals surface area contributed by atoms with Gasteiger partial charge in [-0.3, -0.25) is 5.32 Å². The van der Waals surface area contributed by atoms with Crippen LogP contribution in [0, 0.1) is 5.82 Å². The molecule has 0 aliphatic carbocycles. The quantitative estimate of drug-likeness (QED) is 0.760. The van der Waals surface area contributed by atoms with Gasteiger partial charge in [-0.25, -0.2) is 14.8 Å². The molecule has 0 radical (unpaired) electrons. The molecule has 1 heterocycles. The van der Waals surface area contributed by atoms with Crippen molar-refractivity contribution >= 4 is 17.7 Å². The van der Waals surface area contributed by atoms with Crippen molar-refractivity contribution in [2.45, 2.75) is 26.4 Å². The molecule has 6 nitrogen and oxygen atoms in total. The summed E-state index contributed by atoms with van der Waals surface area (Å²) in [6.07, 6.45) is 0.245. The van der Waals surface area contributed by atoms with Gasteiger partial charge >= 0.3 is 6.09 Å². The van der Waals surface area contributed by atoms with E-state index in [0.717, 1.165) is 6.33 Å². The van der Waals surface area contributed by atoms with Crippen LogP contribution in [0.15, 0.2) is 6.33 Å². The van der Waals surface area contributed by atoms with E-state index in [1.807, 2.05) is 0 Å².